The first-order chi connectivity index (χ1) is 29.0. The number of fused-ring (bicyclic) bond motifs is 3. The minimum atomic E-state index is -4.71. The van der Waals surface area contributed by atoms with Crippen LogP contribution in [-0.4, -0.2) is 108 Å². The predicted molar refractivity (Wildman–Crippen MR) is 220 cm³/mol. The van der Waals surface area contributed by atoms with Crippen LogP contribution in [0.2, 0.25) is 5.02 Å². The summed E-state index contributed by atoms with van der Waals surface area (Å²) in [6, 6.07) is 1.84. The monoisotopic (exact) mass is 909 g/mol. The van der Waals surface area contributed by atoms with Crippen molar-refractivity contribution in [3.8, 4) is 22.2 Å². The number of carbonyl (C=O) groups excluding carboxylic acids is 4. The van der Waals surface area contributed by atoms with Crippen LogP contribution in [0.25, 0.3) is 21.6 Å². The van der Waals surface area contributed by atoms with Gasteiger partial charge >= 0.3 is 12.2 Å². The number of carbonyl (C=O) groups is 4. The molecular formula is C40H47ClF3N7O8S2. The summed E-state index contributed by atoms with van der Waals surface area (Å²) in [6.45, 7) is 4.22. The van der Waals surface area contributed by atoms with Gasteiger partial charge in [-0.05, 0) is 64.5 Å². The molecule has 0 spiro atoms. The molecule has 1 saturated heterocycles. The lowest BCUT2D eigenvalue weighted by molar-refractivity contribution is -0.141. The highest BCUT2D eigenvalue weighted by molar-refractivity contribution is 7.91. The second kappa shape index (κ2) is 17.6. The van der Waals surface area contributed by atoms with Gasteiger partial charge in [-0.2, -0.15) is 13.2 Å². The number of rotatable bonds is 10. The Morgan fingerprint density at radius 3 is 2.52 bits per heavy atom. The van der Waals surface area contributed by atoms with Gasteiger partial charge in [0.2, 0.25) is 21.8 Å². The number of nitrogens with zero attached hydrogens (tertiary/aromatic N) is 4. The Balaban J connectivity index is 1.25. The van der Waals surface area contributed by atoms with Gasteiger partial charge in [0.05, 0.1) is 24.4 Å². The molecule has 4 heterocycles. The minimum absolute atomic E-state index is 0.0147. The zero-order valence-electron chi connectivity index (χ0n) is 33.7. The first-order valence-corrected chi connectivity index (χ1v) is 23.1. The van der Waals surface area contributed by atoms with Gasteiger partial charge < -0.3 is 29.9 Å². The summed E-state index contributed by atoms with van der Waals surface area (Å²) in [5.41, 5.74) is -2.55. The van der Waals surface area contributed by atoms with Crippen molar-refractivity contribution >= 4 is 67.6 Å². The third kappa shape index (κ3) is 9.40. The molecule has 2 aliphatic heterocycles. The van der Waals surface area contributed by atoms with Gasteiger partial charge in [0.15, 0.2) is 5.69 Å². The normalized spacial score (nSPS) is 25.3. The Kier molecular flexibility index (Phi) is 12.8. The molecule has 2 aromatic heterocycles. The number of amides is 5. The number of ether oxygens (including phenoxy) is 2. The number of hydrogen-bond donors (Lipinski definition) is 3. The van der Waals surface area contributed by atoms with Gasteiger partial charge in [-0.3, -0.25) is 19.1 Å². The molecule has 5 atom stereocenters. The molecule has 0 unspecified atom stereocenters. The van der Waals surface area contributed by atoms with Crippen molar-refractivity contribution in [2.45, 2.75) is 107 Å². The topological polar surface area (TPSA) is 189 Å². The molecule has 330 valence electrons. The summed E-state index contributed by atoms with van der Waals surface area (Å²) < 4.78 is 80.7. The highest BCUT2D eigenvalue weighted by Gasteiger charge is 2.62. The maximum Gasteiger partial charge on any atom is 0.434 e. The first kappa shape index (κ1) is 44.4. The SMILES string of the molecule is CCN(CC)C(=O)N[C@H]1CCCCC/C=C\[C@H]2C[C@@]2(C(=O)NS(=O)(=O)C2CC2)NC(=O)[C@@H]2C[C@@H](Oc3cc(-c4nc(C(F)(F)F)cs4)nc4c(Cl)c(OC)ccc34)CN2C1=O. The molecule has 4 aliphatic rings. The Bertz CT molecular complexity index is 2340. The predicted octanol–water partition coefficient (Wildman–Crippen LogP) is 5.81. The van der Waals surface area contributed by atoms with Gasteiger partial charge in [0, 0.05) is 42.3 Å². The highest BCUT2D eigenvalue weighted by atomic mass is 35.5. The number of pyridine rings is 1. The molecule has 0 bridgehead atoms. The molecule has 2 aliphatic carbocycles. The van der Waals surface area contributed by atoms with Gasteiger partial charge in [0.1, 0.15) is 50.9 Å². The number of halogens is 4. The fraction of sp³-hybridized carbons (Fsp3) is 0.550. The van der Waals surface area contributed by atoms with Crippen LogP contribution in [0.3, 0.4) is 0 Å². The molecule has 5 amide bonds. The zero-order chi connectivity index (χ0) is 43.9. The quantitative estimate of drug-likeness (QED) is 0.210. The lowest BCUT2D eigenvalue weighted by Gasteiger charge is -2.31. The molecule has 7 rings (SSSR count). The van der Waals surface area contributed by atoms with Crippen molar-refractivity contribution in [2.24, 2.45) is 5.92 Å². The van der Waals surface area contributed by atoms with E-state index in [0.29, 0.717) is 50.6 Å². The number of thiazole rings is 1. The smallest absolute Gasteiger partial charge is 0.434 e. The lowest BCUT2D eigenvalue weighted by atomic mass is 10.0. The van der Waals surface area contributed by atoms with Crippen LogP contribution >= 0.6 is 22.9 Å². The number of benzene rings is 1. The van der Waals surface area contributed by atoms with Gasteiger partial charge in [-0.1, -0.05) is 36.6 Å². The summed E-state index contributed by atoms with van der Waals surface area (Å²) in [5.74, 6) is -2.30. The third-order valence-electron chi connectivity index (χ3n) is 11.6. The van der Waals surface area contributed by atoms with Crippen molar-refractivity contribution in [3.63, 3.8) is 0 Å². The lowest BCUT2D eigenvalue weighted by Crippen LogP contribution is -2.59. The van der Waals surface area contributed by atoms with Crippen LogP contribution in [0.5, 0.6) is 11.5 Å². The summed E-state index contributed by atoms with van der Waals surface area (Å²) in [6.07, 6.45) is 1.89. The summed E-state index contributed by atoms with van der Waals surface area (Å²) >= 11 is 7.41. The van der Waals surface area contributed by atoms with Gasteiger partial charge in [-0.15, -0.1) is 11.3 Å². The second-order valence-electron chi connectivity index (χ2n) is 15.7. The van der Waals surface area contributed by atoms with Crippen LogP contribution in [0.15, 0.2) is 35.7 Å². The number of sulfonamides is 1. The maximum absolute atomic E-state index is 14.7. The van der Waals surface area contributed by atoms with Crippen molar-refractivity contribution in [2.75, 3.05) is 26.7 Å². The molecule has 3 fully saturated rings. The highest BCUT2D eigenvalue weighted by Crippen LogP contribution is 2.46. The molecule has 15 nitrogen and oxygen atoms in total. The van der Waals surface area contributed by atoms with E-state index in [-0.39, 0.29) is 58.5 Å². The maximum atomic E-state index is 14.7. The van der Waals surface area contributed by atoms with Crippen LogP contribution in [0, 0.1) is 5.92 Å². The molecule has 0 radical (unpaired) electrons. The van der Waals surface area contributed by atoms with E-state index < -0.39 is 80.5 Å². The van der Waals surface area contributed by atoms with Crippen LogP contribution < -0.4 is 24.8 Å². The average Bonchev–Trinajstić information content (AvgIpc) is 4.09. The van der Waals surface area contributed by atoms with E-state index >= 15 is 0 Å². The Hall–Kier alpha value is -4.69. The van der Waals surface area contributed by atoms with Crippen molar-refractivity contribution in [1.82, 2.24) is 35.1 Å². The number of nitrogens with one attached hydrogen (secondary N) is 3. The van der Waals surface area contributed by atoms with Crippen molar-refractivity contribution < 1.29 is 50.2 Å². The Morgan fingerprint density at radius 1 is 1.10 bits per heavy atom. The summed E-state index contributed by atoms with van der Waals surface area (Å²) in [4.78, 5) is 67.6. The molecule has 1 aromatic carbocycles. The summed E-state index contributed by atoms with van der Waals surface area (Å²) in [7, 11) is -2.58. The summed E-state index contributed by atoms with van der Waals surface area (Å²) in [5, 5.41) is 6.22. The number of alkyl halides is 3. The van der Waals surface area contributed by atoms with E-state index in [4.69, 9.17) is 21.1 Å². The standard InChI is InChI=1S/C40H47ClF3N7O8S2/c1-4-50(5-2)38(55)46-26-12-10-8-6-7-9-11-22-19-39(22,37(54)49-61(56,57)24-13-14-24)48-34(52)28-17-23(20-51(28)36(26)53)59-30-18-27(35-47-31(21-60-35)40(42,43)44)45-33-25(30)15-16-29(58-3)32(33)41/h9,11,15-16,18,21-24,26,28H,4-8,10,12-14,17,19-20H2,1-3H3,(H,46,55)(H,48,52)(H,49,54)/b11-9-/t22-,23+,26-,28-,39+/m0/s1. The second-order valence-corrected chi connectivity index (χ2v) is 18.9. The van der Waals surface area contributed by atoms with E-state index in [1.54, 1.807) is 12.1 Å². The van der Waals surface area contributed by atoms with Crippen LogP contribution in [-0.2, 0) is 30.6 Å². The zero-order valence-corrected chi connectivity index (χ0v) is 36.1. The minimum Gasteiger partial charge on any atom is -0.495 e. The molecular weight excluding hydrogens is 863 g/mol. The molecule has 21 heteroatoms. The molecule has 3 N–H and O–H groups in total. The van der Waals surface area contributed by atoms with E-state index in [1.807, 2.05) is 26.0 Å². The first-order valence-electron chi connectivity index (χ1n) is 20.3. The third-order valence-corrected chi connectivity index (χ3v) is 14.6. The van der Waals surface area contributed by atoms with Crippen LogP contribution in [0.4, 0.5) is 18.0 Å². The molecule has 61 heavy (non-hydrogen) atoms. The number of methoxy groups -OCH3 is 1. The van der Waals surface area contributed by atoms with E-state index in [1.165, 1.54) is 23.0 Å². The molecule has 3 aromatic rings. The van der Waals surface area contributed by atoms with Crippen LogP contribution in [0.1, 0.15) is 77.3 Å². The van der Waals surface area contributed by atoms with E-state index in [0.717, 1.165) is 23.1 Å². The number of hydrogen-bond acceptors (Lipinski definition) is 11. The Morgan fingerprint density at radius 2 is 1.85 bits per heavy atom. The van der Waals surface area contributed by atoms with Gasteiger partial charge in [-0.25, -0.2) is 23.2 Å². The van der Waals surface area contributed by atoms with Crippen molar-refractivity contribution in [1.29, 1.82) is 0 Å². The Labute approximate surface area is 359 Å². The molecule has 2 saturated carbocycles. The number of urea groups is 1. The van der Waals surface area contributed by atoms with Crippen molar-refractivity contribution in [3.05, 3.63) is 46.4 Å². The fourth-order valence-corrected chi connectivity index (χ4v) is 10.3. The fourth-order valence-electron chi connectivity index (χ4n) is 7.87. The largest absolute Gasteiger partial charge is 0.495 e. The average molecular weight is 910 g/mol. The van der Waals surface area contributed by atoms with Gasteiger partial charge in [0.25, 0.3) is 5.91 Å². The number of aromatic nitrogens is 2. The number of allylic oxidation sites excluding steroid dienone is 1. The van der Waals surface area contributed by atoms with E-state index in [9.17, 15) is 40.8 Å². The van der Waals surface area contributed by atoms with E-state index in [2.05, 4.69) is 25.3 Å².